The van der Waals surface area contributed by atoms with Crippen LogP contribution in [0.5, 0.6) is 0 Å². The van der Waals surface area contributed by atoms with Crippen molar-refractivity contribution in [1.29, 1.82) is 0 Å². The number of rotatable bonds is 4. The molecule has 7 heteroatoms. The van der Waals surface area contributed by atoms with E-state index < -0.39 is 5.97 Å². The number of hydrogen-bond acceptors (Lipinski definition) is 4. The third kappa shape index (κ3) is 2.57. The van der Waals surface area contributed by atoms with Gasteiger partial charge in [-0.3, -0.25) is 14.3 Å². The van der Waals surface area contributed by atoms with Crippen molar-refractivity contribution >= 4 is 17.6 Å². The zero-order valence-corrected chi connectivity index (χ0v) is 9.58. The number of carboxylic acid groups (broad SMARTS) is 1. The fourth-order valence-electron chi connectivity index (χ4n) is 1.47. The highest BCUT2D eigenvalue weighted by Gasteiger charge is 2.12. The molecule has 0 bridgehead atoms. The van der Waals surface area contributed by atoms with Gasteiger partial charge in [-0.15, -0.1) is 0 Å². The number of furan rings is 1. The molecule has 2 rings (SSSR count). The number of aromatic nitrogens is 2. The summed E-state index contributed by atoms with van der Waals surface area (Å²) in [5, 5.41) is 15.0. The molecule has 2 aromatic rings. The van der Waals surface area contributed by atoms with E-state index in [1.165, 1.54) is 23.3 Å². The maximum atomic E-state index is 11.8. The summed E-state index contributed by atoms with van der Waals surface area (Å²) in [7, 11) is 0. The number of carbonyl (C=O) groups is 2. The van der Waals surface area contributed by atoms with Gasteiger partial charge in [0.1, 0.15) is 12.3 Å². The third-order valence-corrected chi connectivity index (χ3v) is 2.29. The Morgan fingerprint density at radius 3 is 2.94 bits per heavy atom. The number of amides is 1. The van der Waals surface area contributed by atoms with E-state index >= 15 is 0 Å². The van der Waals surface area contributed by atoms with Crippen molar-refractivity contribution in [2.24, 2.45) is 0 Å². The quantitative estimate of drug-likeness (QED) is 0.846. The van der Waals surface area contributed by atoms with Gasteiger partial charge in [0.05, 0.1) is 23.7 Å². The molecule has 7 nitrogen and oxygen atoms in total. The zero-order chi connectivity index (χ0) is 13.1. The molecule has 0 saturated carbocycles. The molecule has 0 unspecified atom stereocenters. The van der Waals surface area contributed by atoms with Crippen LogP contribution in [0.2, 0.25) is 0 Å². The maximum absolute atomic E-state index is 11.8. The molecule has 0 spiro atoms. The lowest BCUT2D eigenvalue weighted by Gasteiger charge is -2.00. The predicted octanol–water partition coefficient (Wildman–Crippen LogP) is 1.12. The monoisotopic (exact) mass is 249 g/mol. The number of carbonyl (C=O) groups excluding carboxylic acids is 1. The average molecular weight is 249 g/mol. The Morgan fingerprint density at radius 2 is 2.33 bits per heavy atom. The van der Waals surface area contributed by atoms with Gasteiger partial charge in [-0.25, -0.2) is 0 Å². The van der Waals surface area contributed by atoms with Crippen molar-refractivity contribution in [2.45, 2.75) is 13.5 Å². The van der Waals surface area contributed by atoms with Crippen molar-refractivity contribution in [2.75, 3.05) is 5.32 Å². The maximum Gasteiger partial charge on any atom is 0.325 e. The molecule has 94 valence electrons. The highest BCUT2D eigenvalue weighted by atomic mass is 16.4. The minimum Gasteiger partial charge on any atom is -0.480 e. The summed E-state index contributed by atoms with van der Waals surface area (Å²) in [5.74, 6) is -0.803. The first kappa shape index (κ1) is 11.9. The second-order valence-corrected chi connectivity index (χ2v) is 3.66. The molecule has 0 aromatic carbocycles. The number of anilines is 1. The predicted molar refractivity (Wildman–Crippen MR) is 61.3 cm³/mol. The number of hydrogen-bond donors (Lipinski definition) is 2. The summed E-state index contributed by atoms with van der Waals surface area (Å²) in [6, 6.07) is 1.56. The lowest BCUT2D eigenvalue weighted by molar-refractivity contribution is -0.137. The molecule has 0 radical (unpaired) electrons. The van der Waals surface area contributed by atoms with Crippen molar-refractivity contribution < 1.29 is 19.1 Å². The lowest BCUT2D eigenvalue weighted by atomic mass is 10.2. The lowest BCUT2D eigenvalue weighted by Crippen LogP contribution is -2.12. The Bertz CT molecular complexity index is 585. The molecule has 0 atom stereocenters. The number of nitrogens with one attached hydrogen (secondary N) is 1. The molecule has 0 aliphatic rings. The van der Waals surface area contributed by atoms with Crippen LogP contribution in [0.1, 0.15) is 16.1 Å². The summed E-state index contributed by atoms with van der Waals surface area (Å²) in [5.41, 5.74) is 0.864. The van der Waals surface area contributed by atoms with E-state index in [0.29, 0.717) is 17.0 Å². The second kappa shape index (κ2) is 4.74. The van der Waals surface area contributed by atoms with Crippen LogP contribution >= 0.6 is 0 Å². The van der Waals surface area contributed by atoms with E-state index in [1.54, 1.807) is 13.0 Å². The summed E-state index contributed by atoms with van der Waals surface area (Å²) in [6.07, 6.45) is 4.26. The molecule has 0 fully saturated rings. The van der Waals surface area contributed by atoms with Crippen LogP contribution in [0.3, 0.4) is 0 Å². The van der Waals surface area contributed by atoms with Crippen LogP contribution in [0.15, 0.2) is 29.1 Å². The number of carboxylic acids is 1. The highest BCUT2D eigenvalue weighted by Crippen LogP contribution is 2.12. The van der Waals surface area contributed by atoms with E-state index in [1.807, 2.05) is 0 Å². The largest absolute Gasteiger partial charge is 0.480 e. The van der Waals surface area contributed by atoms with Crippen LogP contribution in [-0.2, 0) is 11.3 Å². The molecular formula is C11H11N3O4. The molecule has 18 heavy (non-hydrogen) atoms. The molecule has 0 aliphatic heterocycles. The smallest absolute Gasteiger partial charge is 0.325 e. The van der Waals surface area contributed by atoms with Gasteiger partial charge in [-0.05, 0) is 13.0 Å². The minimum absolute atomic E-state index is 0.249. The topological polar surface area (TPSA) is 97.4 Å². The van der Waals surface area contributed by atoms with Crippen molar-refractivity contribution in [3.05, 3.63) is 36.0 Å². The van der Waals surface area contributed by atoms with Gasteiger partial charge in [0.25, 0.3) is 5.91 Å². The zero-order valence-electron chi connectivity index (χ0n) is 9.58. The first-order valence-electron chi connectivity index (χ1n) is 5.16. The van der Waals surface area contributed by atoms with Gasteiger partial charge < -0.3 is 14.8 Å². The molecule has 2 heterocycles. The highest BCUT2D eigenvalue weighted by molar-refractivity contribution is 6.04. The van der Waals surface area contributed by atoms with Crippen LogP contribution in [-0.4, -0.2) is 26.8 Å². The molecule has 0 aliphatic carbocycles. The van der Waals surface area contributed by atoms with E-state index in [0.717, 1.165) is 0 Å². The van der Waals surface area contributed by atoms with Gasteiger partial charge >= 0.3 is 5.97 Å². The van der Waals surface area contributed by atoms with Gasteiger partial charge in [-0.1, -0.05) is 0 Å². The molecule has 2 aromatic heterocycles. The van der Waals surface area contributed by atoms with Gasteiger partial charge in [0.2, 0.25) is 0 Å². The molecule has 1 amide bonds. The molecule has 2 N–H and O–H groups in total. The Kier molecular flexibility index (Phi) is 3.13. The van der Waals surface area contributed by atoms with Crippen LogP contribution < -0.4 is 5.32 Å². The van der Waals surface area contributed by atoms with Gasteiger partial charge in [0, 0.05) is 6.20 Å². The normalized spacial score (nSPS) is 10.3. The van der Waals surface area contributed by atoms with Crippen LogP contribution in [0, 0.1) is 6.92 Å². The van der Waals surface area contributed by atoms with E-state index in [2.05, 4.69) is 10.4 Å². The fraction of sp³-hybridized carbons (Fsp3) is 0.182. The van der Waals surface area contributed by atoms with E-state index in [9.17, 15) is 9.59 Å². The summed E-state index contributed by atoms with van der Waals surface area (Å²) in [6.45, 7) is 1.43. The van der Waals surface area contributed by atoms with Gasteiger partial charge in [0.15, 0.2) is 0 Å². The third-order valence-electron chi connectivity index (χ3n) is 2.29. The molecular weight excluding hydrogens is 238 g/mol. The van der Waals surface area contributed by atoms with Gasteiger partial charge in [-0.2, -0.15) is 5.10 Å². The number of aliphatic carboxylic acids is 1. The first-order valence-corrected chi connectivity index (χ1v) is 5.16. The average Bonchev–Trinajstić information content (AvgIpc) is 2.87. The Hall–Kier alpha value is -2.57. The fourth-order valence-corrected chi connectivity index (χ4v) is 1.47. The minimum atomic E-state index is -0.998. The van der Waals surface area contributed by atoms with E-state index in [-0.39, 0.29) is 12.5 Å². The Balaban J connectivity index is 2.06. The molecule has 0 saturated heterocycles. The Labute approximate surface area is 102 Å². The second-order valence-electron chi connectivity index (χ2n) is 3.66. The van der Waals surface area contributed by atoms with Crippen molar-refractivity contribution in [3.8, 4) is 0 Å². The summed E-state index contributed by atoms with van der Waals surface area (Å²) < 4.78 is 6.24. The number of aryl methyl sites for hydroxylation is 1. The summed E-state index contributed by atoms with van der Waals surface area (Å²) in [4.78, 5) is 22.3. The first-order chi connectivity index (χ1) is 8.56. The Morgan fingerprint density at radius 1 is 1.56 bits per heavy atom. The number of nitrogens with zero attached hydrogens (tertiary/aromatic N) is 2. The van der Waals surface area contributed by atoms with Crippen LogP contribution in [0.25, 0.3) is 0 Å². The van der Waals surface area contributed by atoms with Crippen molar-refractivity contribution in [3.63, 3.8) is 0 Å². The van der Waals surface area contributed by atoms with Crippen molar-refractivity contribution in [1.82, 2.24) is 9.78 Å². The van der Waals surface area contributed by atoms with E-state index in [4.69, 9.17) is 9.52 Å². The SMILES string of the molecule is Cc1occc1C(=O)Nc1cnn(CC(=O)O)c1. The van der Waals surface area contributed by atoms with Crippen LogP contribution in [0.4, 0.5) is 5.69 Å². The standard InChI is InChI=1S/C11H11N3O4/c1-7-9(2-3-18-7)11(17)13-8-4-12-14(5-8)6-10(15)16/h2-5H,6H2,1H3,(H,13,17)(H,15,16). The summed E-state index contributed by atoms with van der Waals surface area (Å²) >= 11 is 0.